The van der Waals surface area contributed by atoms with Crippen molar-refractivity contribution in [1.82, 2.24) is 0 Å². The molecule has 0 aliphatic heterocycles. The molecule has 5 nitrogen and oxygen atoms in total. The number of hydrogen-bond acceptors (Lipinski definition) is 4. The molecule has 0 aliphatic carbocycles. The van der Waals surface area contributed by atoms with Gasteiger partial charge in [-0.05, 0) is 36.8 Å². The molecule has 6 heteroatoms. The van der Waals surface area contributed by atoms with Crippen LogP contribution >= 0.6 is 11.6 Å². The summed E-state index contributed by atoms with van der Waals surface area (Å²) in [7, 11) is 1.30. The Balaban J connectivity index is 1.92. The van der Waals surface area contributed by atoms with Gasteiger partial charge in [-0.1, -0.05) is 29.8 Å². The summed E-state index contributed by atoms with van der Waals surface area (Å²) in [4.78, 5) is 23.8. The summed E-state index contributed by atoms with van der Waals surface area (Å²) in [5.41, 5.74) is 2.71. The third kappa shape index (κ3) is 4.73. The molecule has 0 aliphatic rings. The average molecular weight is 347 g/mol. The lowest BCUT2D eigenvalue weighted by atomic mass is 10.1. The third-order valence-corrected chi connectivity index (χ3v) is 3.71. The fraction of sp³-hybridized carbons (Fsp3) is 0.222. The van der Waals surface area contributed by atoms with Crippen LogP contribution in [0.4, 0.5) is 11.4 Å². The van der Waals surface area contributed by atoms with Gasteiger partial charge in [-0.25, -0.2) is 4.79 Å². The maximum atomic E-state index is 12.1. The number of amides is 1. The quantitative estimate of drug-likeness (QED) is 0.779. The van der Waals surface area contributed by atoms with Crippen molar-refractivity contribution in [1.29, 1.82) is 0 Å². The minimum absolute atomic E-state index is 0.196. The summed E-state index contributed by atoms with van der Waals surface area (Å²) in [5.74, 6) is -0.683. The van der Waals surface area contributed by atoms with Crippen molar-refractivity contribution in [2.24, 2.45) is 0 Å². The number of aryl methyl sites for hydroxylation is 1. The van der Waals surface area contributed by atoms with E-state index in [0.717, 1.165) is 11.3 Å². The first kappa shape index (κ1) is 17.8. The Labute approximate surface area is 146 Å². The SMILES string of the molecule is COC(=O)c1ccccc1NC(=O)CCNc1cc(Cl)ccc1C. The number of esters is 1. The third-order valence-electron chi connectivity index (χ3n) is 3.47. The van der Waals surface area contributed by atoms with Crippen molar-refractivity contribution in [2.75, 3.05) is 24.3 Å². The number of rotatable bonds is 6. The van der Waals surface area contributed by atoms with Crippen LogP contribution in [0.1, 0.15) is 22.3 Å². The van der Waals surface area contributed by atoms with Crippen LogP contribution < -0.4 is 10.6 Å². The number of para-hydroxylation sites is 1. The van der Waals surface area contributed by atoms with E-state index in [2.05, 4.69) is 10.6 Å². The summed E-state index contributed by atoms with van der Waals surface area (Å²) < 4.78 is 4.71. The van der Waals surface area contributed by atoms with Crippen LogP contribution in [0.15, 0.2) is 42.5 Å². The molecule has 2 aromatic carbocycles. The first-order valence-electron chi connectivity index (χ1n) is 7.48. The van der Waals surface area contributed by atoms with Gasteiger partial charge in [-0.3, -0.25) is 4.79 Å². The minimum atomic E-state index is -0.487. The number of nitrogens with one attached hydrogen (secondary N) is 2. The van der Waals surface area contributed by atoms with Crippen molar-refractivity contribution < 1.29 is 14.3 Å². The highest BCUT2D eigenvalue weighted by Gasteiger charge is 2.13. The zero-order valence-corrected chi connectivity index (χ0v) is 14.3. The molecule has 2 aromatic rings. The summed E-state index contributed by atoms with van der Waals surface area (Å²) in [6.07, 6.45) is 0.251. The van der Waals surface area contributed by atoms with Gasteiger partial charge in [0.2, 0.25) is 5.91 Å². The summed E-state index contributed by atoms with van der Waals surface area (Å²) in [6.45, 7) is 2.42. The van der Waals surface area contributed by atoms with Gasteiger partial charge < -0.3 is 15.4 Å². The number of methoxy groups -OCH3 is 1. The zero-order chi connectivity index (χ0) is 17.5. The van der Waals surface area contributed by atoms with E-state index in [0.29, 0.717) is 22.8 Å². The average Bonchev–Trinajstić information content (AvgIpc) is 2.57. The van der Waals surface area contributed by atoms with E-state index in [4.69, 9.17) is 16.3 Å². The molecule has 0 heterocycles. The molecule has 0 saturated heterocycles. The van der Waals surface area contributed by atoms with E-state index < -0.39 is 5.97 Å². The Bertz CT molecular complexity index is 747. The second kappa shape index (κ2) is 8.36. The first-order chi connectivity index (χ1) is 11.5. The summed E-state index contributed by atoms with van der Waals surface area (Å²) in [6, 6.07) is 12.3. The van der Waals surface area contributed by atoms with E-state index in [-0.39, 0.29) is 12.3 Å². The van der Waals surface area contributed by atoms with E-state index in [1.165, 1.54) is 7.11 Å². The van der Waals surface area contributed by atoms with Crippen LogP contribution in [0.25, 0.3) is 0 Å². The molecule has 2 rings (SSSR count). The molecule has 0 bridgehead atoms. The minimum Gasteiger partial charge on any atom is -0.465 e. The highest BCUT2D eigenvalue weighted by molar-refractivity contribution is 6.30. The molecule has 0 radical (unpaired) electrons. The Morgan fingerprint density at radius 2 is 1.88 bits per heavy atom. The molecular weight excluding hydrogens is 328 g/mol. The largest absolute Gasteiger partial charge is 0.465 e. The fourth-order valence-corrected chi connectivity index (χ4v) is 2.36. The van der Waals surface area contributed by atoms with Crippen molar-refractivity contribution in [3.05, 3.63) is 58.6 Å². The topological polar surface area (TPSA) is 67.4 Å². The standard InChI is InChI=1S/C18H19ClN2O3/c1-12-7-8-13(19)11-16(12)20-10-9-17(22)21-15-6-4-3-5-14(15)18(23)24-2/h3-8,11,20H,9-10H2,1-2H3,(H,21,22). The predicted octanol–water partition coefficient (Wildman–Crippen LogP) is 3.88. The number of ether oxygens (including phenoxy) is 1. The fourth-order valence-electron chi connectivity index (χ4n) is 2.19. The van der Waals surface area contributed by atoms with Gasteiger partial charge in [0, 0.05) is 23.7 Å². The number of benzene rings is 2. The second-order valence-corrected chi connectivity index (χ2v) is 5.66. The normalized spacial score (nSPS) is 10.1. The van der Waals surface area contributed by atoms with Crippen molar-refractivity contribution >= 4 is 34.9 Å². The van der Waals surface area contributed by atoms with E-state index in [1.54, 1.807) is 24.3 Å². The maximum absolute atomic E-state index is 12.1. The zero-order valence-electron chi connectivity index (χ0n) is 13.6. The number of carbonyl (C=O) groups is 2. The van der Waals surface area contributed by atoms with Crippen LogP contribution in [-0.4, -0.2) is 25.5 Å². The maximum Gasteiger partial charge on any atom is 0.339 e. The predicted molar refractivity (Wildman–Crippen MR) is 95.7 cm³/mol. The lowest BCUT2D eigenvalue weighted by Gasteiger charge is -2.11. The molecule has 0 unspecified atom stereocenters. The summed E-state index contributed by atoms with van der Waals surface area (Å²) >= 11 is 5.96. The lowest BCUT2D eigenvalue weighted by molar-refractivity contribution is -0.115. The van der Waals surface area contributed by atoms with E-state index in [1.807, 2.05) is 25.1 Å². The first-order valence-corrected chi connectivity index (χ1v) is 7.86. The number of carbonyl (C=O) groups excluding carboxylic acids is 2. The lowest BCUT2D eigenvalue weighted by Crippen LogP contribution is -2.18. The van der Waals surface area contributed by atoms with Crippen LogP contribution in [-0.2, 0) is 9.53 Å². The molecule has 2 N–H and O–H groups in total. The number of halogens is 1. The van der Waals surface area contributed by atoms with E-state index in [9.17, 15) is 9.59 Å². The second-order valence-electron chi connectivity index (χ2n) is 5.22. The highest BCUT2D eigenvalue weighted by atomic mass is 35.5. The molecule has 126 valence electrons. The van der Waals surface area contributed by atoms with Crippen molar-refractivity contribution in [3.8, 4) is 0 Å². The van der Waals surface area contributed by atoms with Crippen LogP contribution in [0, 0.1) is 6.92 Å². The van der Waals surface area contributed by atoms with Gasteiger partial charge in [0.25, 0.3) is 0 Å². The Hall–Kier alpha value is -2.53. The molecule has 0 saturated carbocycles. The van der Waals surface area contributed by atoms with Crippen LogP contribution in [0.5, 0.6) is 0 Å². The van der Waals surface area contributed by atoms with Gasteiger partial charge in [0.15, 0.2) is 0 Å². The van der Waals surface area contributed by atoms with Gasteiger partial charge in [-0.2, -0.15) is 0 Å². The molecule has 1 amide bonds. The monoisotopic (exact) mass is 346 g/mol. The number of hydrogen-bond donors (Lipinski definition) is 2. The molecule has 24 heavy (non-hydrogen) atoms. The Kier molecular flexibility index (Phi) is 6.21. The van der Waals surface area contributed by atoms with Gasteiger partial charge in [0.05, 0.1) is 18.4 Å². The Morgan fingerprint density at radius 1 is 1.12 bits per heavy atom. The molecule has 0 spiro atoms. The molecule has 0 fully saturated rings. The summed E-state index contributed by atoms with van der Waals surface area (Å²) in [5, 5.41) is 6.55. The molecule has 0 aromatic heterocycles. The van der Waals surface area contributed by atoms with Crippen molar-refractivity contribution in [2.45, 2.75) is 13.3 Å². The molecule has 0 atom stereocenters. The van der Waals surface area contributed by atoms with E-state index >= 15 is 0 Å². The van der Waals surface area contributed by atoms with Gasteiger partial charge in [-0.15, -0.1) is 0 Å². The van der Waals surface area contributed by atoms with Crippen LogP contribution in [0.3, 0.4) is 0 Å². The van der Waals surface area contributed by atoms with Crippen LogP contribution in [0.2, 0.25) is 5.02 Å². The van der Waals surface area contributed by atoms with Crippen molar-refractivity contribution in [3.63, 3.8) is 0 Å². The molecular formula is C18H19ClN2O3. The van der Waals surface area contributed by atoms with Gasteiger partial charge >= 0.3 is 5.97 Å². The number of anilines is 2. The Morgan fingerprint density at radius 3 is 2.62 bits per heavy atom. The highest BCUT2D eigenvalue weighted by Crippen LogP contribution is 2.20. The smallest absolute Gasteiger partial charge is 0.339 e. The van der Waals surface area contributed by atoms with Gasteiger partial charge in [0.1, 0.15) is 0 Å².